The van der Waals surface area contributed by atoms with Crippen molar-refractivity contribution in [2.24, 2.45) is 0 Å². The van der Waals surface area contributed by atoms with Gasteiger partial charge in [-0.3, -0.25) is 9.59 Å². The van der Waals surface area contributed by atoms with Gasteiger partial charge in [0.1, 0.15) is 12.6 Å². The maximum absolute atomic E-state index is 12.2. The molecule has 5 nitrogen and oxygen atoms in total. The van der Waals surface area contributed by atoms with Gasteiger partial charge in [-0.2, -0.15) is 5.26 Å². The van der Waals surface area contributed by atoms with Gasteiger partial charge in [-0.25, -0.2) is 0 Å². The second-order valence-corrected chi connectivity index (χ2v) is 5.57. The van der Waals surface area contributed by atoms with E-state index in [1.807, 2.05) is 37.3 Å². The molecule has 0 heterocycles. The van der Waals surface area contributed by atoms with Gasteiger partial charge < -0.3 is 10.2 Å². The lowest BCUT2D eigenvalue weighted by Gasteiger charge is -2.21. The van der Waals surface area contributed by atoms with Gasteiger partial charge >= 0.3 is 0 Å². The van der Waals surface area contributed by atoms with Crippen LogP contribution < -0.4 is 5.32 Å². The third-order valence-electron chi connectivity index (χ3n) is 3.56. The van der Waals surface area contributed by atoms with Crippen molar-refractivity contribution in [3.05, 3.63) is 65.2 Å². The van der Waals surface area contributed by atoms with Crippen molar-refractivity contribution >= 4 is 17.5 Å². The highest BCUT2D eigenvalue weighted by Crippen LogP contribution is 2.14. The number of hydrogen-bond donors (Lipinski definition) is 1. The minimum atomic E-state index is -0.333. The number of nitrogens with one attached hydrogen (secondary N) is 1. The van der Waals surface area contributed by atoms with Crippen molar-refractivity contribution in [1.29, 1.82) is 5.26 Å². The Bertz CT molecular complexity index is 793. The van der Waals surface area contributed by atoms with Crippen molar-refractivity contribution < 1.29 is 9.59 Å². The molecular weight excluding hydrogens is 302 g/mol. The van der Waals surface area contributed by atoms with Gasteiger partial charge in [-0.1, -0.05) is 42.0 Å². The summed E-state index contributed by atoms with van der Waals surface area (Å²) in [5.41, 5.74) is 2.90. The van der Waals surface area contributed by atoms with E-state index in [0.717, 1.165) is 11.1 Å². The van der Waals surface area contributed by atoms with Crippen LogP contribution in [0.3, 0.4) is 0 Å². The number of carbonyl (C=O) groups is 2. The first-order valence-corrected chi connectivity index (χ1v) is 7.59. The molecule has 0 spiro atoms. The molecule has 2 aromatic rings. The first kappa shape index (κ1) is 17.2. The number of nitriles is 1. The lowest BCUT2D eigenvalue weighted by atomic mass is 10.1. The molecule has 0 saturated carbocycles. The van der Waals surface area contributed by atoms with Crippen molar-refractivity contribution in [2.45, 2.75) is 20.4 Å². The molecule has 0 fully saturated rings. The lowest BCUT2D eigenvalue weighted by Crippen LogP contribution is -2.36. The Labute approximate surface area is 141 Å². The van der Waals surface area contributed by atoms with E-state index >= 15 is 0 Å². The lowest BCUT2D eigenvalue weighted by molar-refractivity contribution is -0.133. The van der Waals surface area contributed by atoms with Crippen LogP contribution in [0.25, 0.3) is 0 Å². The highest BCUT2D eigenvalue weighted by Gasteiger charge is 2.15. The standard InChI is InChI=1S/C19H19N3O2/c1-14-6-5-7-16(10-14)12-22(15(2)23)13-19(24)21-18-9-4-3-8-17(18)11-20/h3-10H,12-13H2,1-2H3,(H,21,24). The quantitative estimate of drug-likeness (QED) is 0.920. The van der Waals surface area contributed by atoms with E-state index in [-0.39, 0.29) is 18.4 Å². The number of benzene rings is 2. The number of para-hydroxylation sites is 1. The average Bonchev–Trinajstić information content (AvgIpc) is 2.54. The molecular formula is C19H19N3O2. The van der Waals surface area contributed by atoms with Gasteiger partial charge in [0.2, 0.25) is 11.8 Å². The second-order valence-electron chi connectivity index (χ2n) is 5.57. The molecule has 0 saturated heterocycles. The molecule has 0 aromatic heterocycles. The number of aryl methyl sites for hydroxylation is 1. The van der Waals surface area contributed by atoms with Gasteiger partial charge in [0.05, 0.1) is 11.3 Å². The van der Waals surface area contributed by atoms with Gasteiger partial charge in [0.15, 0.2) is 0 Å². The molecule has 2 amide bonds. The minimum Gasteiger partial charge on any atom is -0.329 e. The summed E-state index contributed by atoms with van der Waals surface area (Å²) in [6.07, 6.45) is 0. The molecule has 0 atom stereocenters. The average molecular weight is 321 g/mol. The molecule has 2 rings (SSSR count). The monoisotopic (exact) mass is 321 g/mol. The summed E-state index contributed by atoms with van der Waals surface area (Å²) in [6, 6.07) is 16.6. The number of nitrogens with zero attached hydrogens (tertiary/aromatic N) is 2. The summed E-state index contributed by atoms with van der Waals surface area (Å²) in [7, 11) is 0. The van der Waals surface area contributed by atoms with Crippen molar-refractivity contribution in [3.8, 4) is 6.07 Å². The van der Waals surface area contributed by atoms with Crippen molar-refractivity contribution in [1.82, 2.24) is 4.90 Å². The summed E-state index contributed by atoms with van der Waals surface area (Å²) in [5.74, 6) is -0.513. The predicted molar refractivity (Wildman–Crippen MR) is 92.1 cm³/mol. The van der Waals surface area contributed by atoms with E-state index in [1.54, 1.807) is 24.3 Å². The maximum atomic E-state index is 12.2. The van der Waals surface area contributed by atoms with Crippen molar-refractivity contribution in [3.63, 3.8) is 0 Å². The molecule has 0 aliphatic rings. The Kier molecular flexibility index (Phi) is 5.69. The van der Waals surface area contributed by atoms with Crippen LogP contribution >= 0.6 is 0 Å². The molecule has 0 unspecified atom stereocenters. The van der Waals surface area contributed by atoms with Crippen LogP contribution in [0, 0.1) is 18.3 Å². The maximum Gasteiger partial charge on any atom is 0.244 e. The van der Waals surface area contributed by atoms with Crippen LogP contribution in [0.4, 0.5) is 5.69 Å². The van der Waals surface area contributed by atoms with E-state index in [4.69, 9.17) is 5.26 Å². The fourth-order valence-corrected chi connectivity index (χ4v) is 2.36. The largest absolute Gasteiger partial charge is 0.329 e. The first-order chi connectivity index (χ1) is 11.5. The second kappa shape index (κ2) is 7.93. The summed E-state index contributed by atoms with van der Waals surface area (Å²) in [5, 5.41) is 11.7. The van der Waals surface area contributed by atoms with Crippen LogP contribution in [0.15, 0.2) is 48.5 Å². The summed E-state index contributed by atoms with van der Waals surface area (Å²) < 4.78 is 0. The third-order valence-corrected chi connectivity index (χ3v) is 3.56. The third kappa shape index (κ3) is 4.68. The number of hydrogen-bond acceptors (Lipinski definition) is 3. The highest BCUT2D eigenvalue weighted by atomic mass is 16.2. The summed E-state index contributed by atoms with van der Waals surface area (Å²) in [4.78, 5) is 25.5. The molecule has 0 aliphatic carbocycles. The molecule has 1 N–H and O–H groups in total. The normalized spacial score (nSPS) is 9.88. The zero-order chi connectivity index (χ0) is 17.5. The van der Waals surface area contributed by atoms with Gasteiger partial charge in [-0.05, 0) is 24.6 Å². The van der Waals surface area contributed by atoms with E-state index in [9.17, 15) is 9.59 Å². The van der Waals surface area contributed by atoms with Crippen LogP contribution in [-0.2, 0) is 16.1 Å². The van der Waals surface area contributed by atoms with Crippen LogP contribution in [-0.4, -0.2) is 23.3 Å². The van der Waals surface area contributed by atoms with E-state index in [0.29, 0.717) is 17.8 Å². The zero-order valence-corrected chi connectivity index (χ0v) is 13.7. The van der Waals surface area contributed by atoms with Crippen LogP contribution in [0.1, 0.15) is 23.6 Å². The molecule has 0 aliphatic heterocycles. The Hall–Kier alpha value is -3.13. The van der Waals surface area contributed by atoms with Crippen molar-refractivity contribution in [2.75, 3.05) is 11.9 Å². The Morgan fingerprint density at radius 1 is 1.17 bits per heavy atom. The zero-order valence-electron chi connectivity index (χ0n) is 13.7. The topological polar surface area (TPSA) is 73.2 Å². The molecule has 2 aromatic carbocycles. The van der Waals surface area contributed by atoms with Gasteiger partial charge in [0, 0.05) is 13.5 Å². The summed E-state index contributed by atoms with van der Waals surface area (Å²) >= 11 is 0. The predicted octanol–water partition coefficient (Wildman–Crippen LogP) is 2.85. The number of rotatable bonds is 5. The Morgan fingerprint density at radius 2 is 1.92 bits per heavy atom. The molecule has 24 heavy (non-hydrogen) atoms. The number of anilines is 1. The fraction of sp³-hybridized carbons (Fsp3) is 0.211. The molecule has 122 valence electrons. The van der Waals surface area contributed by atoms with Gasteiger partial charge in [0.25, 0.3) is 0 Å². The Balaban J connectivity index is 2.06. The highest BCUT2D eigenvalue weighted by molar-refractivity contribution is 5.95. The summed E-state index contributed by atoms with van der Waals surface area (Å²) in [6.45, 7) is 3.72. The fourth-order valence-electron chi connectivity index (χ4n) is 2.36. The van der Waals surface area contributed by atoms with Crippen LogP contribution in [0.2, 0.25) is 0 Å². The van der Waals surface area contributed by atoms with Gasteiger partial charge in [-0.15, -0.1) is 0 Å². The molecule has 5 heteroatoms. The van der Waals surface area contributed by atoms with E-state index in [2.05, 4.69) is 5.32 Å². The Morgan fingerprint density at radius 3 is 2.58 bits per heavy atom. The van der Waals surface area contributed by atoms with Crippen LogP contribution in [0.5, 0.6) is 0 Å². The number of amides is 2. The van der Waals surface area contributed by atoms with E-state index < -0.39 is 0 Å². The number of carbonyl (C=O) groups excluding carboxylic acids is 2. The first-order valence-electron chi connectivity index (χ1n) is 7.59. The molecule has 0 radical (unpaired) electrons. The SMILES string of the molecule is CC(=O)N(CC(=O)Nc1ccccc1C#N)Cc1cccc(C)c1. The smallest absolute Gasteiger partial charge is 0.244 e. The molecule has 0 bridgehead atoms. The minimum absolute atomic E-state index is 0.0664. The van der Waals surface area contributed by atoms with E-state index in [1.165, 1.54) is 11.8 Å².